The fourth-order valence-corrected chi connectivity index (χ4v) is 3.27. The third-order valence-corrected chi connectivity index (χ3v) is 6.42. The summed E-state index contributed by atoms with van der Waals surface area (Å²) in [4.78, 5) is 11.9. The van der Waals surface area contributed by atoms with Crippen LogP contribution in [-0.4, -0.2) is 12.6 Å². The summed E-state index contributed by atoms with van der Waals surface area (Å²) in [5, 5.41) is 0. The van der Waals surface area contributed by atoms with E-state index in [2.05, 4.69) is 98.9 Å². The van der Waals surface area contributed by atoms with Crippen LogP contribution in [0.1, 0.15) is 68.2 Å². The highest BCUT2D eigenvalue weighted by molar-refractivity contribution is 5.87. The van der Waals surface area contributed by atoms with Crippen molar-refractivity contribution >= 4 is 5.97 Å². The van der Waals surface area contributed by atoms with Crippen LogP contribution in [0.5, 0.6) is 0 Å². The van der Waals surface area contributed by atoms with E-state index in [0.29, 0.717) is 11.5 Å². The van der Waals surface area contributed by atoms with Crippen LogP contribution in [0.25, 0.3) is 0 Å². The van der Waals surface area contributed by atoms with E-state index >= 15 is 0 Å². The summed E-state index contributed by atoms with van der Waals surface area (Å²) in [7, 11) is 0. The molecule has 0 bridgehead atoms. The maximum Gasteiger partial charge on any atom is 0.333 e. The van der Waals surface area contributed by atoms with E-state index in [1.807, 2.05) is 26.0 Å². The Morgan fingerprint density at radius 3 is 1.82 bits per heavy atom. The number of hydrogen-bond acceptors (Lipinski definition) is 2. The predicted octanol–water partition coefficient (Wildman–Crippen LogP) is 10.3. The molecule has 0 heterocycles. The third kappa shape index (κ3) is 11.3. The maximum absolute atomic E-state index is 11.9. The first kappa shape index (κ1) is 34.6. The molecule has 0 unspecified atom stereocenters. The second-order valence-electron chi connectivity index (χ2n) is 10.7. The molecule has 0 amide bonds. The first-order valence-corrected chi connectivity index (χ1v) is 13.2. The van der Waals surface area contributed by atoms with Crippen molar-refractivity contribution in [3.05, 3.63) is 132 Å². The first-order chi connectivity index (χ1) is 17.5. The number of esters is 1. The van der Waals surface area contributed by atoms with Gasteiger partial charge >= 0.3 is 5.97 Å². The molecular formula is C36H50O2. The van der Waals surface area contributed by atoms with Crippen molar-refractivity contribution in [1.29, 1.82) is 0 Å². The number of carbonyl (C=O) groups excluding carboxylic acids is 1. The van der Waals surface area contributed by atoms with Gasteiger partial charge in [-0.25, -0.2) is 4.79 Å². The highest BCUT2D eigenvalue weighted by atomic mass is 16.5. The van der Waals surface area contributed by atoms with E-state index < -0.39 is 5.97 Å². The Morgan fingerprint density at radius 2 is 1.34 bits per heavy atom. The molecule has 0 aromatic heterocycles. The fraction of sp³-hybridized carbons (Fsp3) is 0.361. The highest BCUT2D eigenvalue weighted by Crippen LogP contribution is 2.32. The van der Waals surface area contributed by atoms with Gasteiger partial charge in [0.15, 0.2) is 0 Å². The summed E-state index contributed by atoms with van der Waals surface area (Å²) < 4.78 is 5.36. The van der Waals surface area contributed by atoms with Crippen molar-refractivity contribution in [3.8, 4) is 0 Å². The average molecular weight is 515 g/mol. The van der Waals surface area contributed by atoms with Gasteiger partial charge in [-0.2, -0.15) is 0 Å². The largest absolute Gasteiger partial charge is 0.457 e. The molecule has 0 aliphatic rings. The molecule has 206 valence electrons. The molecule has 0 saturated heterocycles. The molecule has 0 aromatic carbocycles. The van der Waals surface area contributed by atoms with Crippen molar-refractivity contribution in [2.75, 3.05) is 6.61 Å². The molecule has 0 aliphatic carbocycles. The fourth-order valence-electron chi connectivity index (χ4n) is 3.27. The van der Waals surface area contributed by atoms with Crippen LogP contribution >= 0.6 is 0 Å². The van der Waals surface area contributed by atoms with Gasteiger partial charge in [-0.3, -0.25) is 0 Å². The van der Waals surface area contributed by atoms with Crippen LogP contribution in [0, 0.1) is 11.3 Å². The van der Waals surface area contributed by atoms with E-state index in [-0.39, 0.29) is 12.0 Å². The molecule has 2 heteroatoms. The van der Waals surface area contributed by atoms with Gasteiger partial charge in [0.25, 0.3) is 0 Å². The molecule has 0 rings (SSSR count). The smallest absolute Gasteiger partial charge is 0.333 e. The van der Waals surface area contributed by atoms with Gasteiger partial charge in [-0.05, 0) is 88.8 Å². The minimum atomic E-state index is -0.432. The lowest BCUT2D eigenvalue weighted by molar-refractivity contribution is -0.137. The summed E-state index contributed by atoms with van der Waals surface area (Å²) in [5.41, 5.74) is 8.09. The SMILES string of the molecule is C=C(C)C(=O)OC/C(=C/C(=C)C(=C)/C(=C\C(=C)C(=C)/C(C)=C\C(=C)C(C)(C)/C=C\C(C)C)CC)C(=C)CC. The molecule has 0 aliphatic heterocycles. The Bertz CT molecular complexity index is 1120. The van der Waals surface area contributed by atoms with E-state index in [9.17, 15) is 4.79 Å². The Kier molecular flexibility index (Phi) is 14.4. The lowest BCUT2D eigenvalue weighted by atomic mass is 9.82. The molecule has 2 nitrogen and oxygen atoms in total. The number of ether oxygens (including phenoxy) is 1. The van der Waals surface area contributed by atoms with Gasteiger partial charge in [0.2, 0.25) is 0 Å². The Labute approximate surface area is 233 Å². The van der Waals surface area contributed by atoms with E-state index in [4.69, 9.17) is 4.74 Å². The second-order valence-corrected chi connectivity index (χ2v) is 10.7. The van der Waals surface area contributed by atoms with Crippen molar-refractivity contribution in [1.82, 2.24) is 0 Å². The summed E-state index contributed by atoms with van der Waals surface area (Å²) in [6.45, 7) is 45.6. The van der Waals surface area contributed by atoms with Crippen LogP contribution in [0.3, 0.4) is 0 Å². The molecule has 0 aromatic rings. The molecule has 0 atom stereocenters. The second kappa shape index (κ2) is 15.8. The monoisotopic (exact) mass is 514 g/mol. The van der Waals surface area contributed by atoms with Gasteiger partial charge in [-0.1, -0.05) is 112 Å². The molecular weight excluding hydrogens is 464 g/mol. The number of allylic oxidation sites excluding steroid dienone is 12. The van der Waals surface area contributed by atoms with Crippen LogP contribution in [0.2, 0.25) is 0 Å². The van der Waals surface area contributed by atoms with Gasteiger partial charge in [-0.15, -0.1) is 0 Å². The quantitative estimate of drug-likeness (QED) is 0.0886. The molecule has 0 spiro atoms. The minimum absolute atomic E-state index is 0.107. The molecule has 38 heavy (non-hydrogen) atoms. The van der Waals surface area contributed by atoms with Gasteiger partial charge in [0, 0.05) is 11.0 Å². The van der Waals surface area contributed by atoms with E-state index in [1.54, 1.807) is 6.92 Å². The Morgan fingerprint density at radius 1 is 0.816 bits per heavy atom. The van der Waals surface area contributed by atoms with Crippen LogP contribution in [-0.2, 0) is 9.53 Å². The zero-order valence-corrected chi connectivity index (χ0v) is 25.4. The van der Waals surface area contributed by atoms with E-state index in [1.165, 1.54) is 0 Å². The lowest BCUT2D eigenvalue weighted by Crippen LogP contribution is -2.10. The number of rotatable bonds is 16. The van der Waals surface area contributed by atoms with Gasteiger partial charge < -0.3 is 4.74 Å². The summed E-state index contributed by atoms with van der Waals surface area (Å²) >= 11 is 0. The molecule has 0 radical (unpaired) electrons. The minimum Gasteiger partial charge on any atom is -0.457 e. The van der Waals surface area contributed by atoms with Crippen LogP contribution in [0.15, 0.2) is 132 Å². The topological polar surface area (TPSA) is 26.3 Å². The maximum atomic E-state index is 11.9. The Hall–Kier alpha value is -3.39. The standard InChI is InChI=1S/C36H50O2/c1-16-26(7)34(23-38-35(37)25(5)6)22-29(10)32(13)33(17-2)21-28(9)31(12)27(8)20-30(11)36(14,15)19-18-24(3)4/h18-22,24H,5,7,9-13,16-17,23H2,1-4,6,8,14-15H3/b19-18-,27-20-,33-21-,34-22-. The molecule has 0 fully saturated rings. The van der Waals surface area contributed by atoms with Crippen molar-refractivity contribution < 1.29 is 9.53 Å². The first-order valence-electron chi connectivity index (χ1n) is 13.2. The zero-order chi connectivity index (χ0) is 29.8. The molecule has 0 N–H and O–H groups in total. The van der Waals surface area contributed by atoms with Crippen molar-refractivity contribution in [3.63, 3.8) is 0 Å². The highest BCUT2D eigenvalue weighted by Gasteiger charge is 2.17. The van der Waals surface area contributed by atoms with Crippen LogP contribution < -0.4 is 0 Å². The molecule has 0 saturated carbocycles. The summed E-state index contributed by atoms with van der Waals surface area (Å²) in [5.74, 6) is 0.0540. The number of hydrogen-bond donors (Lipinski definition) is 0. The summed E-state index contributed by atoms with van der Waals surface area (Å²) in [6.07, 6.45) is 11.9. The average Bonchev–Trinajstić information content (AvgIpc) is 2.86. The number of carbonyl (C=O) groups is 1. The van der Waals surface area contributed by atoms with Gasteiger partial charge in [0.05, 0.1) is 0 Å². The third-order valence-electron chi connectivity index (χ3n) is 6.42. The summed E-state index contributed by atoms with van der Waals surface area (Å²) in [6, 6.07) is 0. The van der Waals surface area contributed by atoms with Crippen molar-refractivity contribution in [2.45, 2.75) is 68.2 Å². The normalized spacial score (nSPS) is 12.9. The Balaban J connectivity index is 5.86. The van der Waals surface area contributed by atoms with Crippen LogP contribution in [0.4, 0.5) is 0 Å². The van der Waals surface area contributed by atoms with Crippen molar-refractivity contribution in [2.24, 2.45) is 11.3 Å². The lowest BCUT2D eigenvalue weighted by Gasteiger charge is -2.23. The predicted molar refractivity (Wildman–Crippen MR) is 169 cm³/mol. The van der Waals surface area contributed by atoms with E-state index in [0.717, 1.165) is 63.0 Å². The zero-order valence-electron chi connectivity index (χ0n) is 25.4. The van der Waals surface area contributed by atoms with Gasteiger partial charge in [0.1, 0.15) is 6.61 Å².